The van der Waals surface area contributed by atoms with Crippen molar-refractivity contribution in [3.63, 3.8) is 0 Å². The molecule has 0 saturated carbocycles. The van der Waals surface area contributed by atoms with E-state index in [0.29, 0.717) is 44.5 Å². The van der Waals surface area contributed by atoms with Gasteiger partial charge >= 0.3 is 5.97 Å². The van der Waals surface area contributed by atoms with Crippen LogP contribution in [0.3, 0.4) is 0 Å². The van der Waals surface area contributed by atoms with Gasteiger partial charge in [-0.25, -0.2) is 9.79 Å². The largest absolute Gasteiger partial charge is 0.490 e. The van der Waals surface area contributed by atoms with E-state index in [1.807, 2.05) is 6.92 Å². The molecule has 2 aromatic rings. The summed E-state index contributed by atoms with van der Waals surface area (Å²) >= 11 is 7.18. The van der Waals surface area contributed by atoms with E-state index >= 15 is 0 Å². The summed E-state index contributed by atoms with van der Waals surface area (Å²) < 4.78 is 11.0. The molecule has 0 spiro atoms. The minimum atomic E-state index is -1.07. The molecular formula is C21H19ClN2O5S. The summed E-state index contributed by atoms with van der Waals surface area (Å²) in [5.74, 6) is -0.621. The van der Waals surface area contributed by atoms with E-state index in [2.05, 4.69) is 10.3 Å². The third-order valence-corrected chi connectivity index (χ3v) is 5.05. The van der Waals surface area contributed by atoms with Gasteiger partial charge in [0, 0.05) is 5.02 Å². The molecule has 0 bridgehead atoms. The number of nitrogens with one attached hydrogen (secondary N) is 1. The van der Waals surface area contributed by atoms with Gasteiger partial charge in [-0.2, -0.15) is 0 Å². The van der Waals surface area contributed by atoms with Crippen LogP contribution in [0.2, 0.25) is 5.02 Å². The molecule has 7 nitrogen and oxygen atoms in total. The lowest BCUT2D eigenvalue weighted by atomic mass is 10.2. The summed E-state index contributed by atoms with van der Waals surface area (Å²) in [6.07, 6.45) is 0.683. The molecule has 1 heterocycles. The fourth-order valence-corrected chi connectivity index (χ4v) is 3.54. The van der Waals surface area contributed by atoms with Crippen molar-refractivity contribution in [3.8, 4) is 11.5 Å². The Labute approximate surface area is 182 Å². The molecule has 156 valence electrons. The highest BCUT2D eigenvalue weighted by molar-refractivity contribution is 8.18. The monoisotopic (exact) mass is 446 g/mol. The maximum atomic E-state index is 12.3. The number of ether oxygens (including phenoxy) is 2. The van der Waals surface area contributed by atoms with Crippen LogP contribution in [0.25, 0.3) is 6.08 Å². The lowest BCUT2D eigenvalue weighted by molar-refractivity contribution is -0.144. The van der Waals surface area contributed by atoms with E-state index in [9.17, 15) is 9.59 Å². The third-order valence-electron chi connectivity index (χ3n) is 3.91. The highest BCUT2D eigenvalue weighted by Gasteiger charge is 2.24. The molecule has 1 amide bonds. The fraction of sp³-hybridized carbons (Fsp3) is 0.190. The van der Waals surface area contributed by atoms with Crippen LogP contribution in [0.5, 0.6) is 11.5 Å². The van der Waals surface area contributed by atoms with Gasteiger partial charge in [0.25, 0.3) is 5.91 Å². The van der Waals surface area contributed by atoms with Crippen molar-refractivity contribution < 1.29 is 24.2 Å². The topological polar surface area (TPSA) is 97.2 Å². The van der Waals surface area contributed by atoms with Crippen LogP contribution in [0, 0.1) is 0 Å². The van der Waals surface area contributed by atoms with Gasteiger partial charge in [-0.05, 0) is 67.6 Å². The van der Waals surface area contributed by atoms with Gasteiger partial charge in [-0.1, -0.05) is 23.7 Å². The summed E-state index contributed by atoms with van der Waals surface area (Å²) in [6, 6.07) is 12.1. The lowest BCUT2D eigenvalue weighted by Crippen LogP contribution is -2.23. The number of carboxylic acid groups (broad SMARTS) is 1. The van der Waals surface area contributed by atoms with Gasteiger partial charge in [-0.15, -0.1) is 0 Å². The molecule has 1 fully saturated rings. The number of hydrogen-bond acceptors (Lipinski definition) is 6. The Hall–Kier alpha value is -2.97. The van der Waals surface area contributed by atoms with Crippen molar-refractivity contribution in [3.05, 3.63) is 58.0 Å². The van der Waals surface area contributed by atoms with E-state index in [1.54, 1.807) is 48.5 Å². The van der Waals surface area contributed by atoms with Gasteiger partial charge in [-0.3, -0.25) is 4.79 Å². The average Bonchev–Trinajstić information content (AvgIpc) is 3.02. The van der Waals surface area contributed by atoms with E-state index in [4.69, 9.17) is 26.2 Å². The molecule has 3 rings (SSSR count). The number of aliphatic carboxylic acids is 1. The maximum Gasteiger partial charge on any atom is 0.344 e. The molecule has 1 aliphatic rings. The summed E-state index contributed by atoms with van der Waals surface area (Å²) in [6.45, 7) is 3.63. The number of carboxylic acids is 1. The number of aliphatic imine (C=N–C) groups is 1. The number of carbonyl (C=O) groups excluding carboxylic acids is 1. The second-order valence-corrected chi connectivity index (χ2v) is 7.67. The molecule has 0 radical (unpaired) electrons. The Morgan fingerprint density at radius 1 is 1.30 bits per heavy atom. The van der Waals surface area contributed by atoms with E-state index < -0.39 is 12.1 Å². The standard InChI is InChI=1S/C21H19ClN2O5S/c1-3-28-17-9-13(7-8-16(17)29-12(2)20(26)27)10-18-19(25)24-21(30-18)23-15-6-4-5-14(22)11-15/h4-12H,3H2,1-2H3,(H,26,27)(H,23,24,25)/b18-10+. The molecule has 9 heteroatoms. The number of amidine groups is 1. The van der Waals surface area contributed by atoms with Crippen LogP contribution in [-0.2, 0) is 9.59 Å². The van der Waals surface area contributed by atoms with Gasteiger partial charge in [0.05, 0.1) is 17.2 Å². The Balaban J connectivity index is 1.82. The predicted molar refractivity (Wildman–Crippen MR) is 118 cm³/mol. The van der Waals surface area contributed by atoms with Crippen molar-refractivity contribution in [2.24, 2.45) is 4.99 Å². The van der Waals surface area contributed by atoms with Crippen LogP contribution >= 0.6 is 23.4 Å². The quantitative estimate of drug-likeness (QED) is 0.608. The van der Waals surface area contributed by atoms with Crippen LogP contribution in [0.4, 0.5) is 5.69 Å². The van der Waals surface area contributed by atoms with Crippen molar-refractivity contribution in [1.29, 1.82) is 0 Å². The van der Waals surface area contributed by atoms with E-state index in [1.165, 1.54) is 18.7 Å². The fourth-order valence-electron chi connectivity index (χ4n) is 2.52. The minimum absolute atomic E-state index is 0.265. The van der Waals surface area contributed by atoms with Crippen LogP contribution < -0.4 is 14.8 Å². The molecule has 30 heavy (non-hydrogen) atoms. The first kappa shape index (κ1) is 21.7. The van der Waals surface area contributed by atoms with Crippen LogP contribution in [0.1, 0.15) is 19.4 Å². The molecule has 2 N–H and O–H groups in total. The first-order valence-corrected chi connectivity index (χ1v) is 10.3. The number of nitrogens with zero attached hydrogens (tertiary/aromatic N) is 1. The second-order valence-electron chi connectivity index (χ2n) is 6.20. The Morgan fingerprint density at radius 2 is 2.10 bits per heavy atom. The van der Waals surface area contributed by atoms with Crippen molar-refractivity contribution in [2.75, 3.05) is 6.61 Å². The number of carbonyl (C=O) groups is 2. The zero-order valence-electron chi connectivity index (χ0n) is 16.2. The first-order chi connectivity index (χ1) is 14.4. The van der Waals surface area contributed by atoms with Crippen molar-refractivity contribution >= 4 is 52.2 Å². The molecule has 0 aliphatic carbocycles. The number of halogens is 1. The molecule has 1 unspecified atom stereocenters. The number of amides is 1. The molecule has 0 aromatic heterocycles. The Kier molecular flexibility index (Phi) is 7.02. The summed E-state index contributed by atoms with van der Waals surface area (Å²) in [5.41, 5.74) is 1.34. The SMILES string of the molecule is CCOc1cc(/C=C2/SC(=Nc3cccc(Cl)c3)NC2=O)ccc1OC(C)C(=O)O. The zero-order chi connectivity index (χ0) is 21.7. The first-order valence-electron chi connectivity index (χ1n) is 9.07. The van der Waals surface area contributed by atoms with E-state index in [-0.39, 0.29) is 5.91 Å². The van der Waals surface area contributed by atoms with Gasteiger partial charge in [0.2, 0.25) is 0 Å². The maximum absolute atomic E-state index is 12.3. The Bertz CT molecular complexity index is 1040. The minimum Gasteiger partial charge on any atom is -0.490 e. The molecular weight excluding hydrogens is 428 g/mol. The highest BCUT2D eigenvalue weighted by atomic mass is 35.5. The van der Waals surface area contributed by atoms with Crippen molar-refractivity contribution in [1.82, 2.24) is 5.32 Å². The zero-order valence-corrected chi connectivity index (χ0v) is 17.8. The highest BCUT2D eigenvalue weighted by Crippen LogP contribution is 2.33. The summed E-state index contributed by atoms with van der Waals surface area (Å²) in [4.78, 5) is 28.2. The number of thioether (sulfide) groups is 1. The van der Waals surface area contributed by atoms with Gasteiger partial charge < -0.3 is 19.9 Å². The molecule has 2 aromatic carbocycles. The lowest BCUT2D eigenvalue weighted by Gasteiger charge is -2.15. The normalized spacial score (nSPS) is 17.1. The van der Waals surface area contributed by atoms with Gasteiger partial charge in [0.1, 0.15) is 0 Å². The molecule has 1 aliphatic heterocycles. The van der Waals surface area contributed by atoms with Crippen molar-refractivity contribution in [2.45, 2.75) is 20.0 Å². The third kappa shape index (κ3) is 5.55. The number of hydrogen-bond donors (Lipinski definition) is 2. The summed E-state index contributed by atoms with van der Waals surface area (Å²) in [5, 5.41) is 12.8. The summed E-state index contributed by atoms with van der Waals surface area (Å²) in [7, 11) is 0. The second kappa shape index (κ2) is 9.69. The van der Waals surface area contributed by atoms with Crippen LogP contribution in [-0.4, -0.2) is 34.9 Å². The molecule has 1 atom stereocenters. The Morgan fingerprint density at radius 3 is 2.80 bits per heavy atom. The van der Waals surface area contributed by atoms with Gasteiger partial charge in [0.15, 0.2) is 22.8 Å². The number of benzene rings is 2. The van der Waals surface area contributed by atoms with Crippen LogP contribution in [0.15, 0.2) is 52.4 Å². The molecule has 1 saturated heterocycles. The number of rotatable bonds is 7. The van der Waals surface area contributed by atoms with E-state index in [0.717, 1.165) is 0 Å². The smallest absolute Gasteiger partial charge is 0.344 e. The average molecular weight is 447 g/mol. The predicted octanol–water partition coefficient (Wildman–Crippen LogP) is 4.48.